The summed E-state index contributed by atoms with van der Waals surface area (Å²) in [5.41, 5.74) is 18.0. The Morgan fingerprint density at radius 3 is 1.53 bits per heavy atom. The van der Waals surface area contributed by atoms with Gasteiger partial charge in [-0.3, -0.25) is 0 Å². The molecule has 2 aromatic heterocycles. The third-order valence-electron chi connectivity index (χ3n) is 4.94. The average molecular weight is 459 g/mol. The minimum absolute atomic E-state index is 0.214. The zero-order valence-electron chi connectivity index (χ0n) is 16.6. The van der Waals surface area contributed by atoms with E-state index < -0.39 is 0 Å². The fraction of sp³-hybridized carbons (Fsp3) is 0. The molecule has 10 heteroatoms. The van der Waals surface area contributed by atoms with Gasteiger partial charge >= 0.3 is 0 Å². The second-order valence-electron chi connectivity index (χ2n) is 7.16. The number of aromatic amines is 2. The van der Waals surface area contributed by atoms with Crippen LogP contribution >= 0.6 is 24.4 Å². The molecule has 158 valence electrons. The Morgan fingerprint density at radius 1 is 0.688 bits per heavy atom. The van der Waals surface area contributed by atoms with Crippen molar-refractivity contribution in [1.29, 1.82) is 0 Å². The van der Waals surface area contributed by atoms with Gasteiger partial charge in [-0.05, 0) is 60.8 Å². The Labute approximate surface area is 193 Å². The van der Waals surface area contributed by atoms with Crippen LogP contribution in [0.4, 0.5) is 11.4 Å². The van der Waals surface area contributed by atoms with Crippen LogP contribution in [-0.4, -0.2) is 30.2 Å². The van der Waals surface area contributed by atoms with Gasteiger partial charge in [0.2, 0.25) is 0 Å². The number of benzene rings is 3. The summed E-state index contributed by atoms with van der Waals surface area (Å²) < 4.78 is 0. The van der Waals surface area contributed by atoms with Crippen LogP contribution in [0, 0.1) is 0 Å². The topological polar surface area (TPSA) is 133 Å². The summed E-state index contributed by atoms with van der Waals surface area (Å²) in [7, 11) is 0. The zero-order valence-corrected chi connectivity index (χ0v) is 18.3. The molecule has 0 saturated carbocycles. The van der Waals surface area contributed by atoms with E-state index in [9.17, 15) is 0 Å². The quantitative estimate of drug-likeness (QED) is 0.222. The molecule has 0 aliphatic rings. The van der Waals surface area contributed by atoms with E-state index in [1.807, 2.05) is 60.7 Å². The first kappa shape index (κ1) is 19.9. The van der Waals surface area contributed by atoms with Crippen LogP contribution in [0.1, 0.15) is 0 Å². The van der Waals surface area contributed by atoms with Gasteiger partial charge in [0.15, 0.2) is 10.2 Å². The molecule has 0 radical (unpaired) electrons. The molecule has 3 aromatic carbocycles. The molecule has 5 aromatic rings. The van der Waals surface area contributed by atoms with Crippen LogP contribution in [-0.2, 0) is 0 Å². The van der Waals surface area contributed by atoms with Crippen LogP contribution in [0.5, 0.6) is 0 Å². The predicted molar refractivity (Wildman–Crippen MR) is 137 cm³/mol. The van der Waals surface area contributed by atoms with Crippen LogP contribution in [0.2, 0.25) is 0 Å². The number of imidazole rings is 2. The van der Waals surface area contributed by atoms with Crippen molar-refractivity contribution in [3.05, 3.63) is 60.7 Å². The minimum atomic E-state index is 0.214. The van der Waals surface area contributed by atoms with Gasteiger partial charge in [0.25, 0.3) is 0 Å². The van der Waals surface area contributed by atoms with E-state index in [0.29, 0.717) is 0 Å². The van der Waals surface area contributed by atoms with Crippen molar-refractivity contribution in [3.63, 3.8) is 0 Å². The number of fused-ring (bicyclic) bond motifs is 2. The van der Waals surface area contributed by atoms with E-state index in [1.165, 1.54) is 0 Å². The molecule has 32 heavy (non-hydrogen) atoms. The molecule has 0 fully saturated rings. The van der Waals surface area contributed by atoms with E-state index in [2.05, 4.69) is 20.6 Å². The van der Waals surface area contributed by atoms with Gasteiger partial charge in [-0.1, -0.05) is 24.3 Å². The fourth-order valence-corrected chi connectivity index (χ4v) is 3.85. The number of thiocarbonyl (C=S) groups is 2. The third kappa shape index (κ3) is 3.84. The molecular weight excluding hydrogens is 440 g/mol. The lowest BCUT2D eigenvalue weighted by Gasteiger charge is -2.04. The number of rotatable bonds is 4. The smallest absolute Gasteiger partial charge is 0.168 e. The first-order chi connectivity index (χ1) is 15.5. The standard InChI is InChI=1S/C22H18N8S2/c23-21(31)25-11-5-7-15-17(9-11)29-19(27-15)13-3-1-2-4-14(13)20-28-16-8-6-12(26-22(24)32)10-18(16)30-20/h1-10H,(H,27,29)(H,28,30)(H3,23,25,31)(H3,24,26,32). The molecule has 5 rings (SSSR count). The molecule has 0 spiro atoms. The van der Waals surface area contributed by atoms with Crippen molar-refractivity contribution in [2.45, 2.75) is 0 Å². The van der Waals surface area contributed by atoms with Gasteiger partial charge in [0.05, 0.1) is 22.1 Å². The highest BCUT2D eigenvalue weighted by atomic mass is 32.1. The van der Waals surface area contributed by atoms with E-state index in [1.54, 1.807) is 0 Å². The van der Waals surface area contributed by atoms with Gasteiger partial charge in [-0.25, -0.2) is 9.97 Å². The first-order valence-corrected chi connectivity index (χ1v) is 10.5. The highest BCUT2D eigenvalue weighted by molar-refractivity contribution is 7.80. The van der Waals surface area contributed by atoms with E-state index in [-0.39, 0.29) is 10.2 Å². The average Bonchev–Trinajstić information content (AvgIpc) is 3.36. The molecule has 8 N–H and O–H groups in total. The Hall–Kier alpha value is -4.02. The molecule has 0 bridgehead atoms. The summed E-state index contributed by atoms with van der Waals surface area (Å²) in [6.45, 7) is 0. The van der Waals surface area contributed by atoms with Gasteiger partial charge < -0.3 is 32.1 Å². The van der Waals surface area contributed by atoms with E-state index in [4.69, 9.17) is 45.9 Å². The van der Waals surface area contributed by atoms with E-state index in [0.717, 1.165) is 56.2 Å². The summed E-state index contributed by atoms with van der Waals surface area (Å²) in [5, 5.41) is 6.31. The summed E-state index contributed by atoms with van der Waals surface area (Å²) in [6.07, 6.45) is 0. The number of hydrogen-bond donors (Lipinski definition) is 6. The molecule has 0 atom stereocenters. The summed E-state index contributed by atoms with van der Waals surface area (Å²) in [5.74, 6) is 1.47. The van der Waals surface area contributed by atoms with Crippen molar-refractivity contribution in [2.24, 2.45) is 11.5 Å². The van der Waals surface area contributed by atoms with Crippen molar-refractivity contribution in [2.75, 3.05) is 10.6 Å². The van der Waals surface area contributed by atoms with Crippen LogP contribution in [0.3, 0.4) is 0 Å². The third-order valence-corrected chi connectivity index (χ3v) is 5.14. The molecule has 0 saturated heterocycles. The predicted octanol–water partition coefficient (Wildman–Crippen LogP) is 4.08. The second-order valence-corrected chi connectivity index (χ2v) is 8.04. The van der Waals surface area contributed by atoms with Crippen molar-refractivity contribution in [1.82, 2.24) is 19.9 Å². The number of hydrogen-bond acceptors (Lipinski definition) is 4. The number of nitrogens with zero attached hydrogens (tertiary/aromatic N) is 2. The van der Waals surface area contributed by atoms with Gasteiger partial charge in [-0.2, -0.15) is 0 Å². The molecular formula is C22H18N8S2. The van der Waals surface area contributed by atoms with Crippen molar-refractivity contribution < 1.29 is 0 Å². The zero-order chi connectivity index (χ0) is 22.2. The lowest BCUT2D eigenvalue weighted by molar-refractivity contribution is 1.30. The molecule has 0 aliphatic heterocycles. The normalized spacial score (nSPS) is 11.0. The minimum Gasteiger partial charge on any atom is -0.376 e. The molecule has 0 amide bonds. The van der Waals surface area contributed by atoms with Gasteiger partial charge in [-0.15, -0.1) is 0 Å². The molecule has 8 nitrogen and oxygen atoms in total. The Morgan fingerprint density at radius 2 is 1.12 bits per heavy atom. The maximum Gasteiger partial charge on any atom is 0.168 e. The van der Waals surface area contributed by atoms with Crippen LogP contribution in [0.25, 0.3) is 44.8 Å². The van der Waals surface area contributed by atoms with Crippen LogP contribution in [0.15, 0.2) is 60.7 Å². The highest BCUT2D eigenvalue weighted by Crippen LogP contribution is 2.32. The molecule has 2 heterocycles. The second kappa shape index (κ2) is 7.91. The number of H-pyrrole nitrogens is 2. The SMILES string of the molecule is NC(=S)Nc1ccc2nc(-c3ccccc3-c3nc4ccc(NC(N)=S)cc4[nH]3)[nH]c2c1. The van der Waals surface area contributed by atoms with Crippen molar-refractivity contribution in [3.8, 4) is 22.8 Å². The number of aromatic nitrogens is 4. The largest absolute Gasteiger partial charge is 0.376 e. The van der Waals surface area contributed by atoms with Gasteiger partial charge in [0.1, 0.15) is 11.6 Å². The van der Waals surface area contributed by atoms with Gasteiger partial charge in [0, 0.05) is 22.5 Å². The van der Waals surface area contributed by atoms with Crippen molar-refractivity contribution >= 4 is 68.1 Å². The first-order valence-electron chi connectivity index (χ1n) is 9.68. The maximum atomic E-state index is 5.58. The lowest BCUT2D eigenvalue weighted by atomic mass is 10.1. The Kier molecular flexibility index (Phi) is 4.92. The number of nitrogens with one attached hydrogen (secondary N) is 4. The lowest BCUT2D eigenvalue weighted by Crippen LogP contribution is -2.18. The molecule has 0 aliphatic carbocycles. The Balaban J connectivity index is 1.57. The summed E-state index contributed by atoms with van der Waals surface area (Å²) in [4.78, 5) is 16.3. The fourth-order valence-electron chi connectivity index (χ4n) is 3.61. The maximum absolute atomic E-state index is 5.58. The summed E-state index contributed by atoms with van der Waals surface area (Å²) >= 11 is 9.85. The Bertz CT molecular complexity index is 1390. The number of anilines is 2. The highest BCUT2D eigenvalue weighted by Gasteiger charge is 2.15. The van der Waals surface area contributed by atoms with E-state index >= 15 is 0 Å². The number of nitrogens with two attached hydrogens (primary N) is 2. The monoisotopic (exact) mass is 458 g/mol. The molecule has 0 unspecified atom stereocenters. The summed E-state index contributed by atoms with van der Waals surface area (Å²) in [6, 6.07) is 19.4. The van der Waals surface area contributed by atoms with Crippen LogP contribution < -0.4 is 22.1 Å².